The van der Waals surface area contributed by atoms with Gasteiger partial charge in [0.15, 0.2) is 5.13 Å². The smallest absolute Gasteiger partial charge is 0.325 e. The van der Waals surface area contributed by atoms with Crippen molar-refractivity contribution in [2.45, 2.75) is 45.6 Å². The summed E-state index contributed by atoms with van der Waals surface area (Å²) in [5, 5.41) is 6.92. The molecule has 146 valence electrons. The minimum atomic E-state index is -0.946. The van der Waals surface area contributed by atoms with Crippen LogP contribution in [0.1, 0.15) is 50.5 Å². The van der Waals surface area contributed by atoms with Crippen LogP contribution in [0, 0.1) is 11.3 Å². The van der Waals surface area contributed by atoms with Crippen molar-refractivity contribution in [1.29, 1.82) is 0 Å². The van der Waals surface area contributed by atoms with E-state index in [1.807, 2.05) is 0 Å². The highest BCUT2D eigenvalue weighted by Crippen LogP contribution is 2.46. The molecule has 1 aromatic rings. The first-order valence-electron chi connectivity index (χ1n) is 8.71. The lowest BCUT2D eigenvalue weighted by Gasteiger charge is -2.43. The molecule has 5 amide bonds. The van der Waals surface area contributed by atoms with Crippen molar-refractivity contribution in [2.24, 2.45) is 17.1 Å². The molecule has 27 heavy (non-hydrogen) atoms. The van der Waals surface area contributed by atoms with Crippen molar-refractivity contribution in [3.63, 3.8) is 0 Å². The van der Waals surface area contributed by atoms with Gasteiger partial charge in [-0.05, 0) is 30.6 Å². The Bertz CT molecular complexity index is 820. The van der Waals surface area contributed by atoms with Crippen molar-refractivity contribution in [3.05, 3.63) is 11.1 Å². The SMILES string of the molecule is C[C@H]1CC(C)(C)C[C@]2(C1)NC(=O)N(CC(=O)Nc1nc(C(N)=O)cs1)C2=O. The van der Waals surface area contributed by atoms with E-state index in [9.17, 15) is 19.2 Å². The number of nitrogens with one attached hydrogen (secondary N) is 2. The molecule has 0 unspecified atom stereocenters. The van der Waals surface area contributed by atoms with E-state index in [1.54, 1.807) is 0 Å². The minimum Gasteiger partial charge on any atom is -0.364 e. The van der Waals surface area contributed by atoms with Gasteiger partial charge in [0.05, 0.1) is 0 Å². The van der Waals surface area contributed by atoms with E-state index >= 15 is 0 Å². The van der Waals surface area contributed by atoms with Crippen LogP contribution in [0.4, 0.5) is 9.93 Å². The lowest BCUT2D eigenvalue weighted by molar-refractivity contribution is -0.136. The number of carbonyl (C=O) groups is 4. The number of rotatable bonds is 4. The number of aromatic nitrogens is 1. The van der Waals surface area contributed by atoms with Gasteiger partial charge in [0.1, 0.15) is 17.8 Å². The van der Waals surface area contributed by atoms with Gasteiger partial charge in [0, 0.05) is 5.38 Å². The molecule has 2 heterocycles. The fraction of sp³-hybridized carbons (Fsp3) is 0.588. The summed E-state index contributed by atoms with van der Waals surface area (Å²) in [7, 11) is 0. The van der Waals surface area contributed by atoms with Crippen LogP contribution in [0.15, 0.2) is 5.38 Å². The second-order valence-electron chi connectivity index (χ2n) is 8.21. The maximum absolute atomic E-state index is 13.0. The molecule has 1 aliphatic heterocycles. The van der Waals surface area contributed by atoms with E-state index < -0.39 is 29.9 Å². The first kappa shape index (κ1) is 19.3. The Morgan fingerprint density at radius 1 is 1.41 bits per heavy atom. The van der Waals surface area contributed by atoms with Gasteiger partial charge >= 0.3 is 6.03 Å². The fourth-order valence-electron chi connectivity index (χ4n) is 4.40. The standard InChI is InChI=1S/C17H23N5O4S/c1-9-4-16(2,3)8-17(5-9)13(25)22(15(26)21-17)6-11(23)20-14-19-10(7-27-14)12(18)24/h7,9H,4-6,8H2,1-3H3,(H2,18,24)(H,21,26)(H,19,20,23)/t9-,17-/m0/s1. The van der Waals surface area contributed by atoms with Gasteiger partial charge in [-0.2, -0.15) is 0 Å². The quantitative estimate of drug-likeness (QED) is 0.663. The molecule has 0 radical (unpaired) electrons. The van der Waals surface area contributed by atoms with Gasteiger partial charge in [0.25, 0.3) is 11.8 Å². The number of hydrogen-bond donors (Lipinski definition) is 3. The van der Waals surface area contributed by atoms with Gasteiger partial charge in [-0.25, -0.2) is 9.78 Å². The van der Waals surface area contributed by atoms with Crippen molar-refractivity contribution in [1.82, 2.24) is 15.2 Å². The Balaban J connectivity index is 1.70. The van der Waals surface area contributed by atoms with Crippen molar-refractivity contribution in [2.75, 3.05) is 11.9 Å². The van der Waals surface area contributed by atoms with Crippen molar-refractivity contribution >= 4 is 40.2 Å². The summed E-state index contributed by atoms with van der Waals surface area (Å²) in [4.78, 5) is 53.6. The number of hydrogen-bond acceptors (Lipinski definition) is 6. The van der Waals surface area contributed by atoms with Gasteiger partial charge in [0.2, 0.25) is 5.91 Å². The van der Waals surface area contributed by atoms with E-state index in [0.717, 1.165) is 22.7 Å². The number of amides is 5. The molecule has 0 bridgehead atoms. The van der Waals surface area contributed by atoms with Crippen LogP contribution in [0.25, 0.3) is 0 Å². The summed E-state index contributed by atoms with van der Waals surface area (Å²) in [6.07, 6.45) is 2.08. The molecule has 1 spiro atoms. The average Bonchev–Trinajstić information content (AvgIpc) is 3.05. The number of thiazole rings is 1. The van der Waals surface area contributed by atoms with Crippen LogP contribution in [0.2, 0.25) is 0 Å². The number of nitrogens with two attached hydrogens (primary N) is 1. The zero-order valence-electron chi connectivity index (χ0n) is 15.5. The fourth-order valence-corrected chi connectivity index (χ4v) is 5.11. The van der Waals surface area contributed by atoms with E-state index in [-0.39, 0.29) is 28.1 Å². The lowest BCUT2D eigenvalue weighted by Crippen LogP contribution is -2.54. The maximum Gasteiger partial charge on any atom is 0.325 e. The summed E-state index contributed by atoms with van der Waals surface area (Å²) in [5.74, 6) is -1.34. The molecule has 2 aliphatic rings. The third-order valence-corrected chi connectivity index (χ3v) is 5.69. The molecule has 1 aromatic heterocycles. The molecular formula is C17H23N5O4S. The Hall–Kier alpha value is -2.49. The van der Waals surface area contributed by atoms with E-state index in [2.05, 4.69) is 36.4 Å². The van der Waals surface area contributed by atoms with Gasteiger partial charge in [-0.1, -0.05) is 20.8 Å². The molecule has 1 aliphatic carbocycles. The predicted octanol–water partition coefficient (Wildman–Crippen LogP) is 1.32. The first-order valence-corrected chi connectivity index (χ1v) is 9.59. The third kappa shape index (κ3) is 3.80. The Morgan fingerprint density at radius 3 is 2.70 bits per heavy atom. The van der Waals surface area contributed by atoms with E-state index in [0.29, 0.717) is 12.8 Å². The Morgan fingerprint density at radius 2 is 2.11 bits per heavy atom. The highest BCUT2D eigenvalue weighted by Gasteiger charge is 2.56. The zero-order chi connectivity index (χ0) is 20.0. The Kier molecular flexibility index (Phi) is 4.71. The van der Waals surface area contributed by atoms with Crippen LogP contribution in [0.3, 0.4) is 0 Å². The molecule has 2 fully saturated rings. The van der Waals surface area contributed by atoms with E-state index in [1.165, 1.54) is 5.38 Å². The second-order valence-corrected chi connectivity index (χ2v) is 9.07. The molecule has 4 N–H and O–H groups in total. The third-order valence-electron chi connectivity index (χ3n) is 4.93. The Labute approximate surface area is 160 Å². The van der Waals surface area contributed by atoms with Crippen molar-refractivity contribution < 1.29 is 19.2 Å². The number of primary amides is 1. The molecule has 2 atom stereocenters. The second kappa shape index (κ2) is 6.59. The molecule has 1 saturated heterocycles. The van der Waals surface area contributed by atoms with Crippen LogP contribution >= 0.6 is 11.3 Å². The summed E-state index contributed by atoms with van der Waals surface area (Å²) in [6.45, 7) is 5.82. The summed E-state index contributed by atoms with van der Waals surface area (Å²) in [6, 6.07) is -0.558. The largest absolute Gasteiger partial charge is 0.364 e. The summed E-state index contributed by atoms with van der Waals surface area (Å²) in [5.41, 5.74) is 4.15. The molecule has 1 saturated carbocycles. The topological polar surface area (TPSA) is 134 Å². The molecular weight excluding hydrogens is 370 g/mol. The maximum atomic E-state index is 13.0. The van der Waals surface area contributed by atoms with Gasteiger partial charge < -0.3 is 16.4 Å². The highest BCUT2D eigenvalue weighted by molar-refractivity contribution is 7.14. The van der Waals surface area contributed by atoms with Crippen LogP contribution in [0.5, 0.6) is 0 Å². The highest BCUT2D eigenvalue weighted by atomic mass is 32.1. The number of nitrogens with zero attached hydrogens (tertiary/aromatic N) is 2. The van der Waals surface area contributed by atoms with E-state index in [4.69, 9.17) is 5.73 Å². The number of imide groups is 1. The number of carbonyl (C=O) groups excluding carboxylic acids is 4. The van der Waals surface area contributed by atoms with Crippen molar-refractivity contribution in [3.8, 4) is 0 Å². The first-order chi connectivity index (χ1) is 12.5. The molecule has 3 rings (SSSR count). The zero-order valence-corrected chi connectivity index (χ0v) is 16.3. The van der Waals surface area contributed by atoms with Gasteiger partial charge in [-0.15, -0.1) is 11.3 Å². The van der Waals surface area contributed by atoms with Crippen LogP contribution in [-0.2, 0) is 9.59 Å². The molecule has 9 nitrogen and oxygen atoms in total. The molecule has 10 heteroatoms. The lowest BCUT2D eigenvalue weighted by atomic mass is 9.64. The molecule has 0 aromatic carbocycles. The predicted molar refractivity (Wildman–Crippen MR) is 99.0 cm³/mol. The summed E-state index contributed by atoms with van der Waals surface area (Å²) < 4.78 is 0. The van der Waals surface area contributed by atoms with Gasteiger partial charge in [-0.3, -0.25) is 19.3 Å². The summed E-state index contributed by atoms with van der Waals surface area (Å²) >= 11 is 1.04. The van der Waals surface area contributed by atoms with Crippen LogP contribution in [-0.4, -0.2) is 45.7 Å². The minimum absolute atomic E-state index is 0.0441. The number of anilines is 1. The normalized spacial score (nSPS) is 26.9. The monoisotopic (exact) mass is 393 g/mol. The number of urea groups is 1. The van der Waals surface area contributed by atoms with Crippen LogP contribution < -0.4 is 16.4 Å². The average molecular weight is 393 g/mol.